The highest BCUT2D eigenvalue weighted by atomic mass is 19.1. The Morgan fingerprint density at radius 1 is 1.09 bits per heavy atom. The van der Waals surface area contributed by atoms with Crippen molar-refractivity contribution in [2.45, 2.75) is 19.3 Å². The third-order valence-electron chi connectivity index (χ3n) is 6.37. The number of likely N-dealkylation sites (tertiary alicyclic amines) is 1. The summed E-state index contributed by atoms with van der Waals surface area (Å²) in [7, 11) is 1.57. The lowest BCUT2D eigenvalue weighted by molar-refractivity contribution is -0.133. The van der Waals surface area contributed by atoms with Crippen LogP contribution in [0.3, 0.4) is 0 Å². The van der Waals surface area contributed by atoms with Crippen molar-refractivity contribution in [2.75, 3.05) is 25.5 Å². The summed E-state index contributed by atoms with van der Waals surface area (Å²) in [6, 6.07) is 17.3. The zero-order valence-electron chi connectivity index (χ0n) is 18.8. The molecule has 0 radical (unpaired) electrons. The molecule has 2 amide bonds. The SMILES string of the molecule is COc1cc2c(cc1NC(=O)C1CCCN(C(=O)Cc3ccc(F)cc3)C1)oc1ccccc12. The first-order valence-electron chi connectivity index (χ1n) is 11.3. The maximum absolute atomic E-state index is 13.1. The van der Waals surface area contributed by atoms with Gasteiger partial charge in [0.05, 0.1) is 25.1 Å². The lowest BCUT2D eigenvalue weighted by Gasteiger charge is -2.32. The minimum atomic E-state index is -0.331. The van der Waals surface area contributed by atoms with E-state index in [1.807, 2.05) is 30.3 Å². The fraction of sp³-hybridized carbons (Fsp3) is 0.259. The Kier molecular flexibility index (Phi) is 5.92. The van der Waals surface area contributed by atoms with E-state index in [1.54, 1.807) is 30.2 Å². The standard InChI is InChI=1S/C27H25FN2O4/c1-33-25-14-21-20-6-2-3-7-23(20)34-24(21)15-22(25)29-27(32)18-5-4-12-30(16-18)26(31)13-17-8-10-19(28)11-9-17/h2-3,6-11,14-15,18H,4-5,12-13,16H2,1H3,(H,29,32). The molecule has 1 aliphatic rings. The minimum absolute atomic E-state index is 0.0645. The fourth-order valence-corrected chi connectivity index (χ4v) is 4.56. The molecule has 3 aromatic carbocycles. The van der Waals surface area contributed by atoms with E-state index < -0.39 is 0 Å². The van der Waals surface area contributed by atoms with Gasteiger partial charge in [-0.2, -0.15) is 0 Å². The number of para-hydroxylation sites is 1. The summed E-state index contributed by atoms with van der Waals surface area (Å²) in [6.07, 6.45) is 1.62. The second-order valence-electron chi connectivity index (χ2n) is 8.62. The molecule has 1 aliphatic heterocycles. The summed E-state index contributed by atoms with van der Waals surface area (Å²) >= 11 is 0. The number of benzene rings is 3. The van der Waals surface area contributed by atoms with Crippen LogP contribution in [0, 0.1) is 11.7 Å². The van der Waals surface area contributed by atoms with Crippen LogP contribution in [0.15, 0.2) is 65.1 Å². The molecule has 0 spiro atoms. The topological polar surface area (TPSA) is 71.8 Å². The van der Waals surface area contributed by atoms with E-state index in [-0.39, 0.29) is 30.0 Å². The number of fused-ring (bicyclic) bond motifs is 3. The first-order valence-corrected chi connectivity index (χ1v) is 11.3. The molecule has 7 heteroatoms. The number of halogens is 1. The number of amides is 2. The molecule has 1 saturated heterocycles. The van der Waals surface area contributed by atoms with Crippen molar-refractivity contribution in [1.29, 1.82) is 0 Å². The first kappa shape index (κ1) is 21.9. The van der Waals surface area contributed by atoms with E-state index in [2.05, 4.69) is 5.32 Å². The number of anilines is 1. The van der Waals surface area contributed by atoms with Crippen molar-refractivity contribution in [3.8, 4) is 5.75 Å². The maximum Gasteiger partial charge on any atom is 0.229 e. The van der Waals surface area contributed by atoms with Gasteiger partial charge in [0, 0.05) is 29.9 Å². The van der Waals surface area contributed by atoms with Gasteiger partial charge in [-0.25, -0.2) is 4.39 Å². The van der Waals surface area contributed by atoms with Crippen LogP contribution in [0.4, 0.5) is 10.1 Å². The zero-order chi connectivity index (χ0) is 23.7. The molecule has 0 bridgehead atoms. The Balaban J connectivity index is 1.31. The Morgan fingerprint density at radius 2 is 1.88 bits per heavy atom. The number of ether oxygens (including phenoxy) is 1. The summed E-state index contributed by atoms with van der Waals surface area (Å²) in [6.45, 7) is 0.957. The average Bonchev–Trinajstić information content (AvgIpc) is 3.22. The molecule has 5 rings (SSSR count). The summed E-state index contributed by atoms with van der Waals surface area (Å²) in [5.74, 6) is -0.338. The Morgan fingerprint density at radius 3 is 2.68 bits per heavy atom. The van der Waals surface area contributed by atoms with Gasteiger partial charge in [-0.15, -0.1) is 0 Å². The second-order valence-corrected chi connectivity index (χ2v) is 8.62. The number of nitrogens with zero attached hydrogens (tertiary/aromatic N) is 1. The van der Waals surface area contributed by atoms with Gasteiger partial charge in [-0.3, -0.25) is 9.59 Å². The van der Waals surface area contributed by atoms with Crippen LogP contribution >= 0.6 is 0 Å². The number of hydrogen-bond acceptors (Lipinski definition) is 4. The molecule has 34 heavy (non-hydrogen) atoms. The number of methoxy groups -OCH3 is 1. The Labute approximate surface area is 196 Å². The van der Waals surface area contributed by atoms with Crippen LogP contribution < -0.4 is 10.1 Å². The smallest absolute Gasteiger partial charge is 0.229 e. The maximum atomic E-state index is 13.1. The molecular weight excluding hydrogens is 435 g/mol. The van der Waals surface area contributed by atoms with Crippen LogP contribution in [0.25, 0.3) is 21.9 Å². The molecule has 1 N–H and O–H groups in total. The monoisotopic (exact) mass is 460 g/mol. The van der Waals surface area contributed by atoms with Gasteiger partial charge >= 0.3 is 0 Å². The fourth-order valence-electron chi connectivity index (χ4n) is 4.56. The van der Waals surface area contributed by atoms with Crippen molar-refractivity contribution in [3.63, 3.8) is 0 Å². The van der Waals surface area contributed by atoms with Gasteiger partial charge in [0.25, 0.3) is 0 Å². The van der Waals surface area contributed by atoms with Crippen molar-refractivity contribution in [3.05, 3.63) is 72.0 Å². The predicted octanol–water partition coefficient (Wildman–Crippen LogP) is 5.15. The lowest BCUT2D eigenvalue weighted by Crippen LogP contribution is -2.44. The number of carbonyl (C=O) groups excluding carboxylic acids is 2. The van der Waals surface area contributed by atoms with E-state index in [9.17, 15) is 14.0 Å². The van der Waals surface area contributed by atoms with Crippen molar-refractivity contribution >= 4 is 39.4 Å². The van der Waals surface area contributed by atoms with Gasteiger partial charge in [0.15, 0.2) is 0 Å². The molecule has 2 heterocycles. The summed E-state index contributed by atoms with van der Waals surface area (Å²) in [5, 5.41) is 4.88. The second kappa shape index (κ2) is 9.17. The molecule has 1 fully saturated rings. The quantitative estimate of drug-likeness (QED) is 0.447. The van der Waals surface area contributed by atoms with E-state index >= 15 is 0 Å². The molecule has 174 valence electrons. The molecule has 6 nitrogen and oxygen atoms in total. The number of nitrogens with one attached hydrogen (secondary N) is 1. The van der Waals surface area contributed by atoms with Crippen molar-refractivity contribution in [2.24, 2.45) is 5.92 Å². The molecular formula is C27H25FN2O4. The lowest BCUT2D eigenvalue weighted by atomic mass is 9.96. The van der Waals surface area contributed by atoms with E-state index in [0.717, 1.165) is 28.3 Å². The Bertz CT molecular complexity index is 1360. The molecule has 1 unspecified atom stereocenters. The average molecular weight is 461 g/mol. The number of carbonyl (C=O) groups is 2. The molecule has 0 aliphatic carbocycles. The van der Waals surface area contributed by atoms with Crippen molar-refractivity contribution < 1.29 is 23.1 Å². The minimum Gasteiger partial charge on any atom is -0.495 e. The summed E-state index contributed by atoms with van der Waals surface area (Å²) < 4.78 is 24.6. The van der Waals surface area contributed by atoms with E-state index in [4.69, 9.17) is 9.15 Å². The van der Waals surface area contributed by atoms with E-state index in [1.165, 1.54) is 12.1 Å². The van der Waals surface area contributed by atoms with Gasteiger partial charge in [0.2, 0.25) is 11.8 Å². The normalized spacial score (nSPS) is 16.1. The molecule has 4 aromatic rings. The third-order valence-corrected chi connectivity index (χ3v) is 6.37. The van der Waals surface area contributed by atoms with Crippen LogP contribution in [-0.2, 0) is 16.0 Å². The van der Waals surface area contributed by atoms with Gasteiger partial charge < -0.3 is 19.4 Å². The first-order chi connectivity index (χ1) is 16.5. The van der Waals surface area contributed by atoms with Gasteiger partial charge in [-0.1, -0.05) is 30.3 Å². The van der Waals surface area contributed by atoms with Gasteiger partial charge in [0.1, 0.15) is 22.7 Å². The zero-order valence-corrected chi connectivity index (χ0v) is 18.8. The molecule has 0 saturated carbocycles. The number of hydrogen-bond donors (Lipinski definition) is 1. The van der Waals surface area contributed by atoms with E-state index in [0.29, 0.717) is 36.5 Å². The highest BCUT2D eigenvalue weighted by Crippen LogP contribution is 2.36. The number of rotatable bonds is 5. The summed E-state index contributed by atoms with van der Waals surface area (Å²) in [4.78, 5) is 27.6. The van der Waals surface area contributed by atoms with Crippen LogP contribution in [0.5, 0.6) is 5.75 Å². The van der Waals surface area contributed by atoms with Crippen molar-refractivity contribution in [1.82, 2.24) is 4.90 Å². The third kappa shape index (κ3) is 4.33. The highest BCUT2D eigenvalue weighted by Gasteiger charge is 2.29. The molecule has 1 atom stereocenters. The largest absolute Gasteiger partial charge is 0.495 e. The van der Waals surface area contributed by atoms with Crippen LogP contribution in [0.2, 0.25) is 0 Å². The highest BCUT2D eigenvalue weighted by molar-refractivity contribution is 6.08. The number of piperidine rings is 1. The van der Waals surface area contributed by atoms with Crippen LogP contribution in [-0.4, -0.2) is 36.9 Å². The van der Waals surface area contributed by atoms with Crippen LogP contribution in [0.1, 0.15) is 18.4 Å². The predicted molar refractivity (Wildman–Crippen MR) is 128 cm³/mol. The van der Waals surface area contributed by atoms with Gasteiger partial charge in [-0.05, 0) is 42.7 Å². The summed E-state index contributed by atoms with van der Waals surface area (Å²) in [5.41, 5.74) is 2.72. The Hall–Kier alpha value is -3.87. The number of furan rings is 1. The molecule has 1 aromatic heterocycles.